The van der Waals surface area contributed by atoms with Gasteiger partial charge in [0.2, 0.25) is 0 Å². The molecule has 5 nitrogen and oxygen atoms in total. The first kappa shape index (κ1) is 12.7. The number of carbonyl (C=O) groups is 2. The van der Waals surface area contributed by atoms with Crippen molar-refractivity contribution in [1.29, 1.82) is 0 Å². The summed E-state index contributed by atoms with van der Waals surface area (Å²) < 4.78 is 0. The third-order valence-corrected chi connectivity index (χ3v) is 3.73. The maximum atomic E-state index is 12.5. The van der Waals surface area contributed by atoms with Crippen LogP contribution in [0, 0.1) is 0 Å². The van der Waals surface area contributed by atoms with E-state index in [4.69, 9.17) is 0 Å². The number of hydrogen-bond acceptors (Lipinski definition) is 2. The highest BCUT2D eigenvalue weighted by Crippen LogP contribution is 2.23. The minimum Gasteiger partial charge on any atom is -0.307 e. The highest BCUT2D eigenvalue weighted by molar-refractivity contribution is 5.92. The Bertz CT molecular complexity index is 555. The van der Waals surface area contributed by atoms with Crippen molar-refractivity contribution in [3.05, 3.63) is 48.2 Å². The van der Waals surface area contributed by atoms with Crippen LogP contribution in [-0.2, 0) is 11.3 Å². The fourth-order valence-corrected chi connectivity index (χ4v) is 2.56. The number of urea groups is 1. The number of fused-ring (bicyclic) bond motifs is 1. The summed E-state index contributed by atoms with van der Waals surface area (Å²) in [5.74, 6) is -0.0588. The first-order valence-electron chi connectivity index (χ1n) is 6.80. The van der Waals surface area contributed by atoms with Crippen LogP contribution in [0.5, 0.6) is 0 Å². The van der Waals surface area contributed by atoms with Crippen molar-refractivity contribution >= 4 is 11.9 Å². The topological polar surface area (TPSA) is 43.9 Å². The zero-order chi connectivity index (χ0) is 14.1. The standard InChI is InChI=1S/C15H17N3O2/c1-12-14(19)17-9-5-6-10-18(17)15(20)16(12)11-13-7-3-2-4-8-13/h2-5,7-9,12H,6,10-11H2,1H3/t12-/m0/s1. The van der Waals surface area contributed by atoms with E-state index >= 15 is 0 Å². The van der Waals surface area contributed by atoms with Crippen LogP contribution in [-0.4, -0.2) is 39.4 Å². The molecule has 0 saturated carbocycles. The highest BCUT2D eigenvalue weighted by Gasteiger charge is 2.41. The van der Waals surface area contributed by atoms with Crippen molar-refractivity contribution in [2.24, 2.45) is 0 Å². The number of nitrogens with zero attached hydrogens (tertiary/aromatic N) is 3. The summed E-state index contributed by atoms with van der Waals surface area (Å²) in [5.41, 5.74) is 1.03. The molecule has 1 atom stereocenters. The third-order valence-electron chi connectivity index (χ3n) is 3.73. The molecule has 1 aromatic carbocycles. The third kappa shape index (κ3) is 2.05. The van der Waals surface area contributed by atoms with Crippen molar-refractivity contribution in [2.45, 2.75) is 25.9 Å². The fraction of sp³-hybridized carbons (Fsp3) is 0.333. The Morgan fingerprint density at radius 1 is 1.20 bits per heavy atom. The van der Waals surface area contributed by atoms with Gasteiger partial charge in [-0.2, -0.15) is 0 Å². The summed E-state index contributed by atoms with van der Waals surface area (Å²) in [4.78, 5) is 26.5. The van der Waals surface area contributed by atoms with E-state index in [0.717, 1.165) is 12.0 Å². The van der Waals surface area contributed by atoms with Gasteiger partial charge in [-0.05, 0) is 18.9 Å². The van der Waals surface area contributed by atoms with Gasteiger partial charge in [-0.3, -0.25) is 4.79 Å². The van der Waals surface area contributed by atoms with E-state index in [9.17, 15) is 9.59 Å². The van der Waals surface area contributed by atoms with Crippen molar-refractivity contribution in [3.8, 4) is 0 Å². The molecule has 0 aromatic heterocycles. The second-order valence-electron chi connectivity index (χ2n) is 5.05. The normalized spacial score (nSPS) is 22.2. The van der Waals surface area contributed by atoms with Gasteiger partial charge >= 0.3 is 6.03 Å². The Hall–Kier alpha value is -2.30. The first-order valence-corrected chi connectivity index (χ1v) is 6.80. The lowest BCUT2D eigenvalue weighted by atomic mass is 10.1. The molecular formula is C15H17N3O2. The van der Waals surface area contributed by atoms with E-state index < -0.39 is 6.04 Å². The number of rotatable bonds is 2. The maximum Gasteiger partial charge on any atom is 0.340 e. The minimum absolute atomic E-state index is 0.0588. The molecule has 3 amide bonds. The first-order chi connectivity index (χ1) is 9.68. The molecule has 0 N–H and O–H groups in total. The number of hydrogen-bond donors (Lipinski definition) is 0. The molecule has 0 aliphatic carbocycles. The van der Waals surface area contributed by atoms with E-state index in [0.29, 0.717) is 13.1 Å². The molecular weight excluding hydrogens is 254 g/mol. The number of carbonyl (C=O) groups excluding carboxylic acids is 2. The van der Waals surface area contributed by atoms with E-state index in [2.05, 4.69) is 0 Å². The molecule has 0 radical (unpaired) electrons. The van der Waals surface area contributed by atoms with Crippen molar-refractivity contribution in [2.75, 3.05) is 6.54 Å². The smallest absolute Gasteiger partial charge is 0.307 e. The van der Waals surface area contributed by atoms with Gasteiger partial charge in [0.1, 0.15) is 6.04 Å². The quantitative estimate of drug-likeness (QED) is 0.825. The SMILES string of the molecule is C[C@H]1C(=O)N2C=CCCN2C(=O)N1Cc1ccccc1. The van der Waals surface area contributed by atoms with E-state index in [-0.39, 0.29) is 11.9 Å². The van der Waals surface area contributed by atoms with Crippen LogP contribution in [0.1, 0.15) is 18.9 Å². The summed E-state index contributed by atoms with van der Waals surface area (Å²) in [6.07, 6.45) is 4.39. The predicted octanol–water partition coefficient (Wildman–Crippen LogP) is 1.97. The lowest BCUT2D eigenvalue weighted by Gasteiger charge is -2.46. The largest absolute Gasteiger partial charge is 0.340 e. The van der Waals surface area contributed by atoms with E-state index in [1.54, 1.807) is 18.0 Å². The van der Waals surface area contributed by atoms with Crippen LogP contribution in [0.25, 0.3) is 0 Å². The molecule has 0 bridgehead atoms. The van der Waals surface area contributed by atoms with Crippen molar-refractivity contribution in [1.82, 2.24) is 14.9 Å². The van der Waals surface area contributed by atoms with Gasteiger partial charge in [0.05, 0.1) is 0 Å². The summed E-state index contributed by atoms with van der Waals surface area (Å²) in [7, 11) is 0. The summed E-state index contributed by atoms with van der Waals surface area (Å²) >= 11 is 0. The second-order valence-corrected chi connectivity index (χ2v) is 5.05. The molecule has 3 rings (SSSR count). The van der Waals surface area contributed by atoms with Crippen LogP contribution in [0.15, 0.2) is 42.6 Å². The summed E-state index contributed by atoms with van der Waals surface area (Å²) in [5, 5.41) is 2.96. The summed E-state index contributed by atoms with van der Waals surface area (Å²) in [6, 6.07) is 9.19. The number of hydrazine groups is 1. The molecule has 0 unspecified atom stereocenters. The van der Waals surface area contributed by atoms with Gasteiger partial charge in [0.25, 0.3) is 5.91 Å². The molecule has 5 heteroatoms. The van der Waals surface area contributed by atoms with Crippen molar-refractivity contribution in [3.63, 3.8) is 0 Å². The Morgan fingerprint density at radius 3 is 2.70 bits per heavy atom. The number of benzene rings is 1. The molecule has 2 aliphatic heterocycles. The lowest BCUT2D eigenvalue weighted by Crippen LogP contribution is -2.64. The minimum atomic E-state index is -0.443. The Morgan fingerprint density at radius 2 is 1.95 bits per heavy atom. The fourth-order valence-electron chi connectivity index (χ4n) is 2.56. The van der Waals surface area contributed by atoms with Crippen LogP contribution in [0.2, 0.25) is 0 Å². The average Bonchev–Trinajstić information content (AvgIpc) is 2.50. The van der Waals surface area contributed by atoms with Crippen LogP contribution >= 0.6 is 0 Å². The molecule has 0 spiro atoms. The summed E-state index contributed by atoms with van der Waals surface area (Å²) in [6.45, 7) is 2.79. The predicted molar refractivity (Wildman–Crippen MR) is 74.2 cm³/mol. The van der Waals surface area contributed by atoms with Crippen LogP contribution in [0.4, 0.5) is 4.79 Å². The molecule has 2 heterocycles. The molecule has 2 aliphatic rings. The van der Waals surface area contributed by atoms with Gasteiger partial charge in [0, 0.05) is 19.3 Å². The van der Waals surface area contributed by atoms with E-state index in [1.165, 1.54) is 10.0 Å². The van der Waals surface area contributed by atoms with Gasteiger partial charge in [-0.15, -0.1) is 0 Å². The van der Waals surface area contributed by atoms with Gasteiger partial charge in [0.15, 0.2) is 0 Å². The van der Waals surface area contributed by atoms with Gasteiger partial charge in [-0.1, -0.05) is 36.4 Å². The van der Waals surface area contributed by atoms with Gasteiger partial charge in [-0.25, -0.2) is 14.8 Å². The molecule has 1 aromatic rings. The molecule has 20 heavy (non-hydrogen) atoms. The molecule has 1 saturated heterocycles. The zero-order valence-corrected chi connectivity index (χ0v) is 11.4. The second kappa shape index (κ2) is 5.00. The average molecular weight is 271 g/mol. The van der Waals surface area contributed by atoms with E-state index in [1.807, 2.05) is 36.4 Å². The monoisotopic (exact) mass is 271 g/mol. The molecule has 104 valence electrons. The van der Waals surface area contributed by atoms with Gasteiger partial charge < -0.3 is 4.90 Å². The number of amides is 3. The zero-order valence-electron chi connectivity index (χ0n) is 11.4. The lowest BCUT2D eigenvalue weighted by molar-refractivity contribution is -0.151. The Labute approximate surface area is 118 Å². The molecule has 1 fully saturated rings. The Balaban J connectivity index is 1.86. The highest BCUT2D eigenvalue weighted by atomic mass is 16.2. The van der Waals surface area contributed by atoms with Crippen molar-refractivity contribution < 1.29 is 9.59 Å². The maximum absolute atomic E-state index is 12.5. The van der Waals surface area contributed by atoms with Crippen LogP contribution in [0.3, 0.4) is 0 Å². The van der Waals surface area contributed by atoms with Crippen LogP contribution < -0.4 is 0 Å². The Kier molecular flexibility index (Phi) is 3.18.